The van der Waals surface area contributed by atoms with Crippen molar-refractivity contribution in [2.45, 2.75) is 51.0 Å². The average molecular weight is 316 g/mol. The predicted octanol–water partition coefficient (Wildman–Crippen LogP) is 3.92. The van der Waals surface area contributed by atoms with Crippen LogP contribution in [0.1, 0.15) is 53.6 Å². The van der Waals surface area contributed by atoms with Gasteiger partial charge in [0.15, 0.2) is 4.96 Å². The lowest BCUT2D eigenvalue weighted by atomic mass is 10.1. The summed E-state index contributed by atoms with van der Waals surface area (Å²) < 4.78 is 7.30. The van der Waals surface area contributed by atoms with Crippen LogP contribution in [0.15, 0.2) is 29.2 Å². The number of aliphatic hydroxyl groups is 1. The van der Waals surface area contributed by atoms with Crippen molar-refractivity contribution < 1.29 is 9.52 Å². The van der Waals surface area contributed by atoms with Crippen LogP contribution in [0, 0.1) is 0 Å². The van der Waals surface area contributed by atoms with E-state index in [1.165, 1.54) is 29.8 Å². The highest BCUT2D eigenvalue weighted by molar-refractivity contribution is 7.17. The molecule has 1 unspecified atom stereocenters. The quantitative estimate of drug-likeness (QED) is 0.742. The number of rotatable bonds is 4. The van der Waals surface area contributed by atoms with E-state index in [0.717, 1.165) is 35.5 Å². The minimum atomic E-state index is -0.480. The highest BCUT2D eigenvalue weighted by Crippen LogP contribution is 2.32. The fourth-order valence-corrected chi connectivity index (χ4v) is 4.50. The molecule has 3 aromatic rings. The molecule has 3 heterocycles. The maximum Gasteiger partial charge on any atom is 0.194 e. The molecule has 1 aliphatic carbocycles. The van der Waals surface area contributed by atoms with Gasteiger partial charge in [0.05, 0.1) is 30.5 Å². The molecule has 116 valence electrons. The summed E-state index contributed by atoms with van der Waals surface area (Å²) in [6, 6.07) is 1.95. The molecule has 0 fully saturated rings. The summed E-state index contributed by atoms with van der Waals surface area (Å²) in [7, 11) is 0. The molecule has 0 radical (unpaired) electrons. The van der Waals surface area contributed by atoms with E-state index in [4.69, 9.17) is 4.42 Å². The smallest absolute Gasteiger partial charge is 0.194 e. The maximum absolute atomic E-state index is 10.6. The summed E-state index contributed by atoms with van der Waals surface area (Å²) >= 11 is 1.79. The van der Waals surface area contributed by atoms with Crippen molar-refractivity contribution >= 4 is 16.3 Å². The molecule has 5 heteroatoms. The minimum absolute atomic E-state index is 0.480. The van der Waals surface area contributed by atoms with Gasteiger partial charge in [0, 0.05) is 10.6 Å². The van der Waals surface area contributed by atoms with Crippen LogP contribution in [-0.4, -0.2) is 14.5 Å². The van der Waals surface area contributed by atoms with Crippen LogP contribution in [0.25, 0.3) is 4.96 Å². The number of nitrogens with zero attached hydrogens (tertiary/aromatic N) is 2. The third-order valence-corrected chi connectivity index (χ3v) is 5.67. The van der Waals surface area contributed by atoms with Crippen molar-refractivity contribution in [2.75, 3.05) is 0 Å². The first kappa shape index (κ1) is 14.0. The largest absolute Gasteiger partial charge is 0.472 e. The molecule has 0 aliphatic heterocycles. The van der Waals surface area contributed by atoms with E-state index in [0.29, 0.717) is 6.42 Å². The summed E-state index contributed by atoms with van der Waals surface area (Å²) in [6.07, 6.45) is 12.4. The topological polar surface area (TPSA) is 50.7 Å². The molecule has 1 aliphatic rings. The Bertz CT molecular complexity index is 757. The van der Waals surface area contributed by atoms with E-state index >= 15 is 0 Å². The molecule has 0 bridgehead atoms. The zero-order chi connectivity index (χ0) is 14.9. The molecule has 0 spiro atoms. The van der Waals surface area contributed by atoms with Crippen LogP contribution in [0.4, 0.5) is 0 Å². The first-order valence-corrected chi connectivity index (χ1v) is 8.81. The highest BCUT2D eigenvalue weighted by Gasteiger charge is 2.21. The van der Waals surface area contributed by atoms with E-state index < -0.39 is 6.10 Å². The second kappa shape index (κ2) is 5.89. The highest BCUT2D eigenvalue weighted by atomic mass is 32.1. The van der Waals surface area contributed by atoms with Gasteiger partial charge in [-0.2, -0.15) is 0 Å². The maximum atomic E-state index is 10.6. The van der Waals surface area contributed by atoms with Crippen molar-refractivity contribution in [1.82, 2.24) is 9.38 Å². The third kappa shape index (κ3) is 2.48. The molecule has 0 saturated heterocycles. The summed E-state index contributed by atoms with van der Waals surface area (Å²) in [5, 5.41) is 10.6. The van der Waals surface area contributed by atoms with Crippen LogP contribution in [0.2, 0.25) is 0 Å². The number of hydrogen-bond acceptors (Lipinski definition) is 4. The molecular weight excluding hydrogens is 296 g/mol. The second-order valence-corrected chi connectivity index (χ2v) is 7.08. The Morgan fingerprint density at radius 3 is 3.09 bits per heavy atom. The third-order valence-electron chi connectivity index (χ3n) is 4.51. The lowest BCUT2D eigenvalue weighted by Gasteiger charge is -2.11. The van der Waals surface area contributed by atoms with Crippen molar-refractivity contribution in [2.24, 2.45) is 0 Å². The van der Waals surface area contributed by atoms with E-state index in [2.05, 4.69) is 9.38 Å². The van der Waals surface area contributed by atoms with Gasteiger partial charge in [-0.1, -0.05) is 6.42 Å². The second-order valence-electron chi connectivity index (χ2n) is 6.02. The number of aliphatic hydroxyl groups excluding tert-OH is 1. The average Bonchev–Trinajstić information content (AvgIpc) is 3.20. The molecular formula is C17H20N2O2S. The van der Waals surface area contributed by atoms with E-state index in [1.807, 2.05) is 12.3 Å². The van der Waals surface area contributed by atoms with Crippen LogP contribution in [-0.2, 0) is 19.3 Å². The molecule has 1 N–H and O–H groups in total. The Morgan fingerprint density at radius 2 is 2.23 bits per heavy atom. The number of fused-ring (bicyclic) bond motifs is 3. The van der Waals surface area contributed by atoms with Crippen molar-refractivity contribution in [3.05, 3.63) is 46.6 Å². The van der Waals surface area contributed by atoms with Gasteiger partial charge in [0.1, 0.15) is 0 Å². The van der Waals surface area contributed by atoms with Gasteiger partial charge >= 0.3 is 0 Å². The summed E-state index contributed by atoms with van der Waals surface area (Å²) in [5.74, 6) is 0. The van der Waals surface area contributed by atoms with Gasteiger partial charge in [0.25, 0.3) is 0 Å². The van der Waals surface area contributed by atoms with Crippen molar-refractivity contribution in [3.63, 3.8) is 0 Å². The Balaban J connectivity index is 1.62. The van der Waals surface area contributed by atoms with Gasteiger partial charge in [-0.15, -0.1) is 11.3 Å². The Morgan fingerprint density at radius 1 is 1.32 bits per heavy atom. The van der Waals surface area contributed by atoms with E-state index in [1.54, 1.807) is 23.9 Å². The first-order chi connectivity index (χ1) is 10.8. The van der Waals surface area contributed by atoms with E-state index in [-0.39, 0.29) is 0 Å². The van der Waals surface area contributed by atoms with Crippen molar-refractivity contribution in [1.29, 1.82) is 0 Å². The first-order valence-electron chi connectivity index (χ1n) is 8.00. The minimum Gasteiger partial charge on any atom is -0.472 e. The summed E-state index contributed by atoms with van der Waals surface area (Å²) in [6.45, 7) is 0. The van der Waals surface area contributed by atoms with Crippen LogP contribution in [0.3, 0.4) is 0 Å². The molecule has 0 saturated carbocycles. The lowest BCUT2D eigenvalue weighted by molar-refractivity contribution is 0.162. The van der Waals surface area contributed by atoms with Gasteiger partial charge in [0.2, 0.25) is 0 Å². The van der Waals surface area contributed by atoms with Gasteiger partial charge in [-0.3, -0.25) is 4.40 Å². The predicted molar refractivity (Wildman–Crippen MR) is 86.3 cm³/mol. The number of thiazole rings is 1. The summed E-state index contributed by atoms with van der Waals surface area (Å²) in [5.41, 5.74) is 3.45. The van der Waals surface area contributed by atoms with Crippen LogP contribution >= 0.6 is 11.3 Å². The normalized spacial score (nSPS) is 16.6. The molecule has 22 heavy (non-hydrogen) atoms. The number of imidazole rings is 1. The Hall–Kier alpha value is -1.59. The zero-order valence-corrected chi connectivity index (χ0v) is 13.3. The summed E-state index contributed by atoms with van der Waals surface area (Å²) in [4.78, 5) is 7.02. The lowest BCUT2D eigenvalue weighted by Crippen LogP contribution is -2.05. The SMILES string of the molecule is OC(CCc1ccoc1)c1cnc2sc3c(n12)CCCCC3. The fourth-order valence-electron chi connectivity index (χ4n) is 3.31. The molecule has 4 rings (SSSR count). The van der Waals surface area contributed by atoms with Crippen LogP contribution in [0.5, 0.6) is 0 Å². The number of aromatic nitrogens is 2. The number of hydrogen-bond donors (Lipinski definition) is 1. The zero-order valence-electron chi connectivity index (χ0n) is 12.5. The fraction of sp³-hybridized carbons (Fsp3) is 0.471. The number of aryl methyl sites for hydroxylation is 3. The Kier molecular flexibility index (Phi) is 3.76. The monoisotopic (exact) mass is 316 g/mol. The Labute approximate surface area is 133 Å². The number of furan rings is 1. The van der Waals surface area contributed by atoms with Gasteiger partial charge in [-0.05, 0) is 50.2 Å². The molecule has 0 aromatic carbocycles. The van der Waals surface area contributed by atoms with E-state index in [9.17, 15) is 5.11 Å². The van der Waals surface area contributed by atoms with Gasteiger partial charge in [-0.25, -0.2) is 4.98 Å². The molecule has 4 nitrogen and oxygen atoms in total. The van der Waals surface area contributed by atoms with Crippen LogP contribution < -0.4 is 0 Å². The molecule has 1 atom stereocenters. The molecule has 3 aromatic heterocycles. The van der Waals surface area contributed by atoms with Gasteiger partial charge < -0.3 is 9.52 Å². The molecule has 0 amide bonds. The standard InChI is InChI=1S/C17H20N2O2S/c20-15(7-6-12-8-9-21-11-12)14-10-18-17-19(14)13-4-2-1-3-5-16(13)22-17/h8-11,15,20H,1-7H2. The van der Waals surface area contributed by atoms with Crippen molar-refractivity contribution in [3.8, 4) is 0 Å².